The van der Waals surface area contributed by atoms with Crippen molar-refractivity contribution < 1.29 is 0 Å². The molecular formula is C12H18N4. The number of unbranched alkanes of at least 4 members (excludes halogenated alkanes) is 3. The van der Waals surface area contributed by atoms with Gasteiger partial charge in [0.1, 0.15) is 5.82 Å². The van der Waals surface area contributed by atoms with Crippen LogP contribution in [0.5, 0.6) is 0 Å². The first-order chi connectivity index (χ1) is 7.81. The van der Waals surface area contributed by atoms with Gasteiger partial charge in [0.25, 0.3) is 0 Å². The lowest BCUT2D eigenvalue weighted by molar-refractivity contribution is 0.649. The first-order valence-electron chi connectivity index (χ1n) is 5.90. The molecule has 0 atom stereocenters. The number of hydrogen-bond donors (Lipinski definition) is 1. The molecule has 2 N–H and O–H groups in total. The number of fused-ring (bicyclic) bond motifs is 1. The maximum atomic E-state index is 5.75. The Kier molecular flexibility index (Phi) is 3.39. The second-order valence-corrected chi connectivity index (χ2v) is 4.12. The Hall–Kier alpha value is -1.58. The van der Waals surface area contributed by atoms with Crippen LogP contribution in [0.25, 0.3) is 5.65 Å². The number of nitrogen functional groups attached to an aromatic ring is 1. The minimum Gasteiger partial charge on any atom is -0.398 e. The van der Waals surface area contributed by atoms with Gasteiger partial charge >= 0.3 is 0 Å². The summed E-state index contributed by atoms with van der Waals surface area (Å²) in [7, 11) is 0. The molecule has 0 fully saturated rings. The number of aryl methyl sites for hydroxylation is 1. The van der Waals surface area contributed by atoms with E-state index in [1.165, 1.54) is 25.7 Å². The molecule has 0 unspecified atom stereocenters. The third kappa shape index (κ3) is 2.32. The number of anilines is 1. The van der Waals surface area contributed by atoms with Gasteiger partial charge in [0, 0.05) is 18.3 Å². The number of nitrogens with zero attached hydrogens (tertiary/aromatic N) is 3. The SMILES string of the molecule is CCCCCCc1nnc2ccc(N)cn12. The van der Waals surface area contributed by atoms with E-state index < -0.39 is 0 Å². The first-order valence-corrected chi connectivity index (χ1v) is 5.90. The van der Waals surface area contributed by atoms with Crippen LogP contribution in [0.2, 0.25) is 0 Å². The fourth-order valence-corrected chi connectivity index (χ4v) is 1.84. The molecule has 0 aromatic carbocycles. The van der Waals surface area contributed by atoms with Crippen LogP contribution in [-0.2, 0) is 6.42 Å². The molecule has 0 aliphatic carbocycles. The molecular weight excluding hydrogens is 200 g/mol. The van der Waals surface area contributed by atoms with Crippen LogP contribution in [0.4, 0.5) is 5.69 Å². The van der Waals surface area contributed by atoms with Crippen molar-refractivity contribution in [2.24, 2.45) is 0 Å². The highest BCUT2D eigenvalue weighted by molar-refractivity contribution is 5.47. The molecule has 0 saturated carbocycles. The van der Waals surface area contributed by atoms with Gasteiger partial charge < -0.3 is 5.73 Å². The predicted molar refractivity (Wildman–Crippen MR) is 65.2 cm³/mol. The van der Waals surface area contributed by atoms with Gasteiger partial charge in [-0.2, -0.15) is 0 Å². The molecule has 0 radical (unpaired) electrons. The van der Waals surface area contributed by atoms with Gasteiger partial charge in [0.05, 0.1) is 0 Å². The Morgan fingerprint density at radius 2 is 2.06 bits per heavy atom. The summed E-state index contributed by atoms with van der Waals surface area (Å²) in [6.45, 7) is 2.22. The summed E-state index contributed by atoms with van der Waals surface area (Å²) in [4.78, 5) is 0. The summed E-state index contributed by atoms with van der Waals surface area (Å²) in [5.41, 5.74) is 7.38. The fourth-order valence-electron chi connectivity index (χ4n) is 1.84. The molecule has 4 heteroatoms. The van der Waals surface area contributed by atoms with Crippen molar-refractivity contribution in [1.29, 1.82) is 0 Å². The van der Waals surface area contributed by atoms with Crippen molar-refractivity contribution in [3.63, 3.8) is 0 Å². The zero-order valence-electron chi connectivity index (χ0n) is 9.69. The van der Waals surface area contributed by atoms with Gasteiger partial charge in [-0.25, -0.2) is 0 Å². The molecule has 0 spiro atoms. The standard InChI is InChI=1S/C12H18N4/c1-2-3-4-5-6-11-14-15-12-8-7-10(13)9-16(11)12/h7-9H,2-6,13H2,1H3. The smallest absolute Gasteiger partial charge is 0.160 e. The van der Waals surface area contributed by atoms with Crippen molar-refractivity contribution in [2.45, 2.75) is 39.0 Å². The molecule has 0 saturated heterocycles. The van der Waals surface area contributed by atoms with Crippen molar-refractivity contribution in [1.82, 2.24) is 14.6 Å². The second-order valence-electron chi connectivity index (χ2n) is 4.12. The van der Waals surface area contributed by atoms with Gasteiger partial charge in [-0.15, -0.1) is 10.2 Å². The average Bonchev–Trinajstić information content (AvgIpc) is 2.67. The van der Waals surface area contributed by atoms with E-state index in [-0.39, 0.29) is 0 Å². The Balaban J connectivity index is 2.09. The molecule has 2 heterocycles. The third-order valence-corrected chi connectivity index (χ3v) is 2.75. The van der Waals surface area contributed by atoms with Gasteiger partial charge in [-0.3, -0.25) is 4.40 Å². The summed E-state index contributed by atoms with van der Waals surface area (Å²) in [5, 5.41) is 8.31. The van der Waals surface area contributed by atoms with Crippen molar-refractivity contribution in [2.75, 3.05) is 5.73 Å². The topological polar surface area (TPSA) is 56.2 Å². The van der Waals surface area contributed by atoms with E-state index in [0.29, 0.717) is 0 Å². The molecule has 0 amide bonds. The first kappa shape index (κ1) is 10.9. The van der Waals surface area contributed by atoms with E-state index in [1.807, 2.05) is 22.7 Å². The van der Waals surface area contributed by atoms with Crippen molar-refractivity contribution in [3.05, 3.63) is 24.2 Å². The van der Waals surface area contributed by atoms with Crippen LogP contribution < -0.4 is 5.73 Å². The lowest BCUT2D eigenvalue weighted by Crippen LogP contribution is -1.97. The highest BCUT2D eigenvalue weighted by Gasteiger charge is 2.04. The molecule has 0 bridgehead atoms. The molecule has 86 valence electrons. The lowest BCUT2D eigenvalue weighted by atomic mass is 10.1. The number of hydrogen-bond acceptors (Lipinski definition) is 3. The van der Waals surface area contributed by atoms with Crippen LogP contribution in [0.3, 0.4) is 0 Å². The molecule has 2 rings (SSSR count). The Morgan fingerprint density at radius 1 is 1.19 bits per heavy atom. The highest BCUT2D eigenvalue weighted by atomic mass is 15.2. The zero-order chi connectivity index (χ0) is 11.4. The Morgan fingerprint density at radius 3 is 2.88 bits per heavy atom. The van der Waals surface area contributed by atoms with Crippen LogP contribution in [0.1, 0.15) is 38.4 Å². The second kappa shape index (κ2) is 4.96. The molecule has 16 heavy (non-hydrogen) atoms. The maximum absolute atomic E-state index is 5.75. The molecule has 0 aliphatic heterocycles. The van der Waals surface area contributed by atoms with Crippen LogP contribution in [-0.4, -0.2) is 14.6 Å². The van der Waals surface area contributed by atoms with E-state index in [1.54, 1.807) is 0 Å². The minimum atomic E-state index is 0.752. The quantitative estimate of drug-likeness (QED) is 0.784. The summed E-state index contributed by atoms with van der Waals surface area (Å²) in [5.74, 6) is 1.01. The van der Waals surface area contributed by atoms with Gasteiger partial charge in [-0.1, -0.05) is 26.2 Å². The fraction of sp³-hybridized carbons (Fsp3) is 0.500. The third-order valence-electron chi connectivity index (χ3n) is 2.75. The van der Waals surface area contributed by atoms with E-state index in [0.717, 1.165) is 23.6 Å². The maximum Gasteiger partial charge on any atom is 0.160 e. The predicted octanol–water partition coefficient (Wildman–Crippen LogP) is 2.43. The van der Waals surface area contributed by atoms with Gasteiger partial charge in [-0.05, 0) is 18.6 Å². The molecule has 4 nitrogen and oxygen atoms in total. The van der Waals surface area contributed by atoms with E-state index in [2.05, 4.69) is 17.1 Å². The molecule has 0 aliphatic rings. The largest absolute Gasteiger partial charge is 0.398 e. The average molecular weight is 218 g/mol. The number of nitrogens with two attached hydrogens (primary N) is 1. The lowest BCUT2D eigenvalue weighted by Gasteiger charge is -2.00. The summed E-state index contributed by atoms with van der Waals surface area (Å²) < 4.78 is 1.99. The van der Waals surface area contributed by atoms with Crippen LogP contribution in [0, 0.1) is 0 Å². The van der Waals surface area contributed by atoms with E-state index in [4.69, 9.17) is 5.73 Å². The van der Waals surface area contributed by atoms with Crippen molar-refractivity contribution in [3.8, 4) is 0 Å². The zero-order valence-corrected chi connectivity index (χ0v) is 9.69. The van der Waals surface area contributed by atoms with E-state index in [9.17, 15) is 0 Å². The van der Waals surface area contributed by atoms with E-state index >= 15 is 0 Å². The van der Waals surface area contributed by atoms with Gasteiger partial charge in [0.15, 0.2) is 5.65 Å². The number of pyridine rings is 1. The highest BCUT2D eigenvalue weighted by Crippen LogP contribution is 2.11. The Labute approximate surface area is 95.5 Å². The Bertz CT molecular complexity index is 461. The normalized spacial score (nSPS) is 11.1. The summed E-state index contributed by atoms with van der Waals surface area (Å²) in [6, 6.07) is 3.75. The molecule has 2 aromatic rings. The minimum absolute atomic E-state index is 0.752. The summed E-state index contributed by atoms with van der Waals surface area (Å²) >= 11 is 0. The summed E-state index contributed by atoms with van der Waals surface area (Å²) in [6.07, 6.45) is 7.85. The monoisotopic (exact) mass is 218 g/mol. The van der Waals surface area contributed by atoms with Crippen molar-refractivity contribution >= 4 is 11.3 Å². The number of aromatic nitrogens is 3. The molecule has 2 aromatic heterocycles. The van der Waals surface area contributed by atoms with Crippen LogP contribution >= 0.6 is 0 Å². The van der Waals surface area contributed by atoms with Crippen LogP contribution in [0.15, 0.2) is 18.3 Å². The van der Waals surface area contributed by atoms with Gasteiger partial charge in [0.2, 0.25) is 0 Å². The number of rotatable bonds is 5.